The normalized spacial score (nSPS) is 10.2. The number of halogens is 1. The van der Waals surface area contributed by atoms with Crippen molar-refractivity contribution in [2.45, 2.75) is 20.0 Å². The molecule has 13 heavy (non-hydrogen) atoms. The molecule has 70 valence electrons. The SMILES string of the molecule is CC(C)OC(=O)c1ncccc1Cl. The third-order valence-electron chi connectivity index (χ3n) is 1.29. The van der Waals surface area contributed by atoms with Crippen LogP contribution in [0.25, 0.3) is 0 Å². The van der Waals surface area contributed by atoms with Crippen molar-refractivity contribution in [3.8, 4) is 0 Å². The Hall–Kier alpha value is -1.09. The molecule has 0 radical (unpaired) electrons. The standard InChI is InChI=1S/C9H10ClNO2/c1-6(2)13-9(12)8-7(10)4-3-5-11-8/h3-6H,1-2H3. The van der Waals surface area contributed by atoms with Crippen molar-refractivity contribution in [1.82, 2.24) is 4.98 Å². The van der Waals surface area contributed by atoms with Crippen LogP contribution in [0.4, 0.5) is 0 Å². The molecule has 0 spiro atoms. The molecule has 1 rings (SSSR count). The van der Waals surface area contributed by atoms with Gasteiger partial charge in [0.25, 0.3) is 0 Å². The van der Waals surface area contributed by atoms with Crippen molar-refractivity contribution in [3.05, 3.63) is 29.0 Å². The summed E-state index contributed by atoms with van der Waals surface area (Å²) in [6.45, 7) is 3.55. The van der Waals surface area contributed by atoms with Crippen LogP contribution in [0.1, 0.15) is 24.3 Å². The minimum atomic E-state index is -0.486. The summed E-state index contributed by atoms with van der Waals surface area (Å²) in [6.07, 6.45) is 1.34. The molecule has 0 fully saturated rings. The molecule has 1 aromatic rings. The van der Waals surface area contributed by atoms with Crippen molar-refractivity contribution in [2.24, 2.45) is 0 Å². The third kappa shape index (κ3) is 2.70. The van der Waals surface area contributed by atoms with Gasteiger partial charge in [0, 0.05) is 6.20 Å². The maximum Gasteiger partial charge on any atom is 0.358 e. The molecule has 0 aliphatic carbocycles. The monoisotopic (exact) mass is 199 g/mol. The van der Waals surface area contributed by atoms with Crippen molar-refractivity contribution >= 4 is 17.6 Å². The molecular weight excluding hydrogens is 190 g/mol. The van der Waals surface area contributed by atoms with E-state index in [-0.39, 0.29) is 11.8 Å². The number of esters is 1. The second-order valence-electron chi connectivity index (χ2n) is 2.79. The van der Waals surface area contributed by atoms with Crippen LogP contribution >= 0.6 is 11.6 Å². The van der Waals surface area contributed by atoms with E-state index in [1.165, 1.54) is 6.20 Å². The number of hydrogen-bond acceptors (Lipinski definition) is 3. The minimum Gasteiger partial charge on any atom is -0.458 e. The summed E-state index contributed by atoms with van der Waals surface area (Å²) in [7, 11) is 0. The van der Waals surface area contributed by atoms with Gasteiger partial charge >= 0.3 is 5.97 Å². The van der Waals surface area contributed by atoms with E-state index in [2.05, 4.69) is 4.98 Å². The van der Waals surface area contributed by atoms with Gasteiger partial charge in [-0.3, -0.25) is 0 Å². The van der Waals surface area contributed by atoms with Gasteiger partial charge in [0.05, 0.1) is 11.1 Å². The molecule has 0 saturated carbocycles. The van der Waals surface area contributed by atoms with Crippen LogP contribution in [0.15, 0.2) is 18.3 Å². The van der Waals surface area contributed by atoms with Crippen molar-refractivity contribution in [2.75, 3.05) is 0 Å². The Balaban J connectivity index is 2.83. The van der Waals surface area contributed by atoms with Crippen LogP contribution in [0, 0.1) is 0 Å². The Bertz CT molecular complexity index is 312. The Labute approximate surface area is 81.7 Å². The zero-order valence-corrected chi connectivity index (χ0v) is 8.21. The molecule has 0 atom stereocenters. The first-order chi connectivity index (χ1) is 6.11. The van der Waals surface area contributed by atoms with Crippen LogP contribution in [0.2, 0.25) is 5.02 Å². The molecule has 0 amide bonds. The average Bonchev–Trinajstić information content (AvgIpc) is 2.03. The lowest BCUT2D eigenvalue weighted by Gasteiger charge is -2.07. The lowest BCUT2D eigenvalue weighted by atomic mass is 10.3. The first-order valence-corrected chi connectivity index (χ1v) is 4.30. The van der Waals surface area contributed by atoms with Gasteiger partial charge in [0.2, 0.25) is 0 Å². The number of aromatic nitrogens is 1. The Morgan fingerprint density at radius 1 is 1.62 bits per heavy atom. The van der Waals surface area contributed by atoms with E-state index in [0.29, 0.717) is 5.02 Å². The molecule has 0 unspecified atom stereocenters. The fraction of sp³-hybridized carbons (Fsp3) is 0.333. The van der Waals surface area contributed by atoms with E-state index in [1.54, 1.807) is 26.0 Å². The summed E-state index contributed by atoms with van der Waals surface area (Å²) in [5.74, 6) is -0.486. The Morgan fingerprint density at radius 2 is 2.31 bits per heavy atom. The first kappa shape index (κ1) is 9.99. The molecule has 1 heterocycles. The van der Waals surface area contributed by atoms with Crippen LogP contribution in [0.5, 0.6) is 0 Å². The molecule has 1 aromatic heterocycles. The first-order valence-electron chi connectivity index (χ1n) is 3.92. The predicted octanol–water partition coefficient (Wildman–Crippen LogP) is 2.30. The quantitative estimate of drug-likeness (QED) is 0.687. The Kier molecular flexibility index (Phi) is 3.25. The summed E-state index contributed by atoms with van der Waals surface area (Å²) >= 11 is 5.74. The molecular formula is C9H10ClNO2. The van der Waals surface area contributed by atoms with E-state index >= 15 is 0 Å². The van der Waals surface area contributed by atoms with Gasteiger partial charge < -0.3 is 4.74 Å². The summed E-state index contributed by atoms with van der Waals surface area (Å²) in [6, 6.07) is 3.26. The summed E-state index contributed by atoms with van der Waals surface area (Å²) in [5, 5.41) is 0.313. The average molecular weight is 200 g/mol. The number of hydrogen-bond donors (Lipinski definition) is 0. The van der Waals surface area contributed by atoms with Crippen LogP contribution < -0.4 is 0 Å². The number of nitrogens with zero attached hydrogens (tertiary/aromatic N) is 1. The second-order valence-corrected chi connectivity index (χ2v) is 3.20. The summed E-state index contributed by atoms with van der Waals surface area (Å²) < 4.78 is 4.93. The number of rotatable bonds is 2. The Morgan fingerprint density at radius 3 is 2.85 bits per heavy atom. The van der Waals surface area contributed by atoms with Crippen molar-refractivity contribution in [1.29, 1.82) is 0 Å². The van der Waals surface area contributed by atoms with Gasteiger partial charge in [-0.25, -0.2) is 9.78 Å². The number of carbonyl (C=O) groups is 1. The highest BCUT2D eigenvalue weighted by molar-refractivity contribution is 6.33. The van der Waals surface area contributed by atoms with Gasteiger partial charge in [-0.1, -0.05) is 11.6 Å². The van der Waals surface area contributed by atoms with Crippen molar-refractivity contribution < 1.29 is 9.53 Å². The highest BCUT2D eigenvalue weighted by Gasteiger charge is 2.13. The van der Waals surface area contributed by atoms with Crippen LogP contribution in [-0.4, -0.2) is 17.1 Å². The lowest BCUT2D eigenvalue weighted by Crippen LogP contribution is -2.13. The van der Waals surface area contributed by atoms with Gasteiger partial charge in [0.1, 0.15) is 0 Å². The predicted molar refractivity (Wildman–Crippen MR) is 49.8 cm³/mol. The lowest BCUT2D eigenvalue weighted by molar-refractivity contribution is 0.0371. The third-order valence-corrected chi connectivity index (χ3v) is 1.60. The largest absolute Gasteiger partial charge is 0.458 e. The van der Waals surface area contributed by atoms with Crippen LogP contribution in [-0.2, 0) is 4.74 Å². The smallest absolute Gasteiger partial charge is 0.358 e. The maximum atomic E-state index is 11.3. The zero-order chi connectivity index (χ0) is 9.84. The highest BCUT2D eigenvalue weighted by atomic mass is 35.5. The van der Waals surface area contributed by atoms with Crippen molar-refractivity contribution in [3.63, 3.8) is 0 Å². The highest BCUT2D eigenvalue weighted by Crippen LogP contribution is 2.13. The molecule has 0 aliphatic rings. The topological polar surface area (TPSA) is 39.2 Å². The zero-order valence-electron chi connectivity index (χ0n) is 7.45. The molecule has 0 aromatic carbocycles. The van der Waals surface area contributed by atoms with E-state index in [0.717, 1.165) is 0 Å². The van der Waals surface area contributed by atoms with E-state index < -0.39 is 5.97 Å². The summed E-state index contributed by atoms with van der Waals surface area (Å²) in [4.78, 5) is 15.1. The molecule has 4 heteroatoms. The van der Waals surface area contributed by atoms with Gasteiger partial charge in [-0.15, -0.1) is 0 Å². The number of pyridine rings is 1. The molecule has 0 aliphatic heterocycles. The minimum absolute atomic E-state index is 0.162. The summed E-state index contributed by atoms with van der Waals surface area (Å²) in [5.41, 5.74) is 0.165. The van der Waals surface area contributed by atoms with Gasteiger partial charge in [-0.2, -0.15) is 0 Å². The molecule has 0 bridgehead atoms. The number of ether oxygens (including phenoxy) is 1. The molecule has 0 N–H and O–H groups in total. The maximum absolute atomic E-state index is 11.3. The fourth-order valence-corrected chi connectivity index (χ4v) is 1.00. The van der Waals surface area contributed by atoms with Gasteiger partial charge in [0.15, 0.2) is 5.69 Å². The fourth-order valence-electron chi connectivity index (χ4n) is 0.806. The molecule has 3 nitrogen and oxygen atoms in total. The van der Waals surface area contributed by atoms with E-state index in [1.807, 2.05) is 0 Å². The second kappa shape index (κ2) is 4.23. The molecule has 0 saturated heterocycles. The van der Waals surface area contributed by atoms with Gasteiger partial charge in [-0.05, 0) is 26.0 Å². The van der Waals surface area contributed by atoms with E-state index in [9.17, 15) is 4.79 Å². The van der Waals surface area contributed by atoms with E-state index in [4.69, 9.17) is 16.3 Å². The van der Waals surface area contributed by atoms with Crippen LogP contribution in [0.3, 0.4) is 0 Å². The number of carbonyl (C=O) groups excluding carboxylic acids is 1.